The van der Waals surface area contributed by atoms with E-state index in [-0.39, 0.29) is 0 Å². The average molecular weight is 270 g/mol. The van der Waals surface area contributed by atoms with E-state index in [1.165, 1.54) is 5.69 Å². The molecule has 0 atom stereocenters. The Labute approximate surface area is 120 Å². The number of aryl methyl sites for hydroxylation is 1. The highest BCUT2D eigenvalue weighted by molar-refractivity contribution is 5.68. The summed E-state index contributed by atoms with van der Waals surface area (Å²) in [7, 11) is 0. The van der Waals surface area contributed by atoms with Gasteiger partial charge in [0.1, 0.15) is 5.75 Å². The van der Waals surface area contributed by atoms with E-state index in [1.54, 1.807) is 0 Å². The molecule has 0 aliphatic heterocycles. The number of phenols is 1. The molecule has 0 unspecified atom stereocenters. The Morgan fingerprint density at radius 3 is 2.25 bits per heavy atom. The Kier molecular flexibility index (Phi) is 4.51. The standard InChI is InChI=1S/C17H22N2O/c1-4-19(5-2)15-11-9-14(10-12-15)18-16-8-6-7-13(3)17(16)20/h6-12,18,20H,4-5H2,1-3H3. The van der Waals surface area contributed by atoms with E-state index in [0.29, 0.717) is 5.75 Å². The van der Waals surface area contributed by atoms with Crippen molar-refractivity contribution in [3.63, 3.8) is 0 Å². The molecule has 3 nitrogen and oxygen atoms in total. The van der Waals surface area contributed by atoms with Crippen molar-refractivity contribution in [2.45, 2.75) is 20.8 Å². The molecule has 0 aliphatic carbocycles. The molecule has 0 saturated heterocycles. The molecular formula is C17H22N2O. The van der Waals surface area contributed by atoms with Crippen LogP contribution in [0.1, 0.15) is 19.4 Å². The molecule has 106 valence electrons. The van der Waals surface area contributed by atoms with E-state index in [9.17, 15) is 5.11 Å². The second-order valence-corrected chi connectivity index (χ2v) is 4.82. The third kappa shape index (κ3) is 3.05. The maximum Gasteiger partial charge on any atom is 0.141 e. The van der Waals surface area contributed by atoms with Gasteiger partial charge in [-0.3, -0.25) is 0 Å². The van der Waals surface area contributed by atoms with Gasteiger partial charge in [0.15, 0.2) is 0 Å². The van der Waals surface area contributed by atoms with Gasteiger partial charge in [-0.05, 0) is 56.7 Å². The minimum atomic E-state index is 0.306. The van der Waals surface area contributed by atoms with E-state index in [0.717, 1.165) is 30.0 Å². The second-order valence-electron chi connectivity index (χ2n) is 4.82. The fourth-order valence-electron chi connectivity index (χ4n) is 2.26. The predicted molar refractivity (Wildman–Crippen MR) is 86.1 cm³/mol. The highest BCUT2D eigenvalue weighted by Crippen LogP contribution is 2.30. The summed E-state index contributed by atoms with van der Waals surface area (Å²) in [5, 5.41) is 13.3. The molecule has 2 rings (SSSR count). The Morgan fingerprint density at radius 2 is 1.65 bits per heavy atom. The van der Waals surface area contributed by atoms with Crippen LogP contribution < -0.4 is 10.2 Å². The quantitative estimate of drug-likeness (QED) is 0.796. The number of phenolic OH excluding ortho intramolecular Hbond substituents is 1. The summed E-state index contributed by atoms with van der Waals surface area (Å²) in [4.78, 5) is 2.30. The first-order chi connectivity index (χ1) is 9.65. The number of para-hydroxylation sites is 1. The summed E-state index contributed by atoms with van der Waals surface area (Å²) >= 11 is 0. The van der Waals surface area contributed by atoms with Crippen LogP contribution in [0, 0.1) is 6.92 Å². The Morgan fingerprint density at radius 1 is 1.00 bits per heavy atom. The minimum absolute atomic E-state index is 0.306. The van der Waals surface area contributed by atoms with Gasteiger partial charge in [-0.1, -0.05) is 12.1 Å². The summed E-state index contributed by atoms with van der Waals surface area (Å²) in [6.07, 6.45) is 0. The lowest BCUT2D eigenvalue weighted by Crippen LogP contribution is -2.21. The lowest BCUT2D eigenvalue weighted by molar-refractivity contribution is 0.473. The van der Waals surface area contributed by atoms with Gasteiger partial charge in [0, 0.05) is 24.5 Å². The maximum atomic E-state index is 10.0. The van der Waals surface area contributed by atoms with Crippen LogP contribution in [0.25, 0.3) is 0 Å². The smallest absolute Gasteiger partial charge is 0.141 e. The fraction of sp³-hybridized carbons (Fsp3) is 0.294. The van der Waals surface area contributed by atoms with Crippen LogP contribution in [0.5, 0.6) is 5.75 Å². The largest absolute Gasteiger partial charge is 0.505 e. The number of aromatic hydroxyl groups is 1. The average Bonchev–Trinajstić information content (AvgIpc) is 2.47. The minimum Gasteiger partial charge on any atom is -0.505 e. The van der Waals surface area contributed by atoms with Crippen molar-refractivity contribution in [3.05, 3.63) is 48.0 Å². The van der Waals surface area contributed by atoms with Gasteiger partial charge >= 0.3 is 0 Å². The van der Waals surface area contributed by atoms with Gasteiger partial charge in [0.2, 0.25) is 0 Å². The Bertz CT molecular complexity index is 560. The van der Waals surface area contributed by atoms with E-state index >= 15 is 0 Å². The highest BCUT2D eigenvalue weighted by atomic mass is 16.3. The number of nitrogens with zero attached hydrogens (tertiary/aromatic N) is 1. The molecule has 2 N–H and O–H groups in total. The SMILES string of the molecule is CCN(CC)c1ccc(Nc2cccc(C)c2O)cc1. The molecule has 3 heteroatoms. The molecule has 0 spiro atoms. The van der Waals surface area contributed by atoms with Gasteiger partial charge in [-0.2, -0.15) is 0 Å². The fourth-order valence-corrected chi connectivity index (χ4v) is 2.26. The molecule has 2 aromatic rings. The summed E-state index contributed by atoms with van der Waals surface area (Å²) < 4.78 is 0. The van der Waals surface area contributed by atoms with Crippen LogP contribution in [-0.4, -0.2) is 18.2 Å². The number of anilines is 3. The monoisotopic (exact) mass is 270 g/mol. The molecule has 0 radical (unpaired) electrons. The van der Waals surface area contributed by atoms with E-state index < -0.39 is 0 Å². The Hall–Kier alpha value is -2.16. The van der Waals surface area contributed by atoms with Crippen molar-refractivity contribution in [1.82, 2.24) is 0 Å². The molecular weight excluding hydrogens is 248 g/mol. The van der Waals surface area contributed by atoms with Crippen LogP contribution in [0.15, 0.2) is 42.5 Å². The van der Waals surface area contributed by atoms with Gasteiger partial charge in [0.05, 0.1) is 5.69 Å². The molecule has 0 aromatic heterocycles. The number of nitrogens with one attached hydrogen (secondary N) is 1. The first-order valence-corrected chi connectivity index (χ1v) is 7.06. The third-order valence-corrected chi connectivity index (χ3v) is 3.51. The summed E-state index contributed by atoms with van der Waals surface area (Å²) in [6.45, 7) is 8.20. The number of hydrogen-bond donors (Lipinski definition) is 2. The van der Waals surface area contributed by atoms with E-state index in [2.05, 4.69) is 36.2 Å². The highest BCUT2D eigenvalue weighted by Gasteiger charge is 2.05. The summed E-state index contributed by atoms with van der Waals surface area (Å²) in [5.41, 5.74) is 3.80. The van der Waals surface area contributed by atoms with Crippen LogP contribution in [-0.2, 0) is 0 Å². The topological polar surface area (TPSA) is 35.5 Å². The maximum absolute atomic E-state index is 10.0. The molecule has 0 saturated carbocycles. The number of rotatable bonds is 5. The van der Waals surface area contributed by atoms with Crippen molar-refractivity contribution in [3.8, 4) is 5.75 Å². The van der Waals surface area contributed by atoms with E-state index in [4.69, 9.17) is 0 Å². The predicted octanol–water partition coefficient (Wildman–Crippen LogP) is 4.29. The first-order valence-electron chi connectivity index (χ1n) is 7.06. The van der Waals surface area contributed by atoms with Gasteiger partial charge in [-0.15, -0.1) is 0 Å². The zero-order valence-corrected chi connectivity index (χ0v) is 12.4. The molecule has 20 heavy (non-hydrogen) atoms. The molecule has 0 heterocycles. The second kappa shape index (κ2) is 6.33. The molecule has 0 amide bonds. The first kappa shape index (κ1) is 14.3. The zero-order chi connectivity index (χ0) is 14.5. The van der Waals surface area contributed by atoms with Crippen molar-refractivity contribution in [2.24, 2.45) is 0 Å². The normalized spacial score (nSPS) is 10.3. The zero-order valence-electron chi connectivity index (χ0n) is 12.4. The lowest BCUT2D eigenvalue weighted by Gasteiger charge is -2.21. The summed E-state index contributed by atoms with van der Waals surface area (Å²) in [6, 6.07) is 14.0. The molecule has 0 bridgehead atoms. The Balaban J connectivity index is 2.17. The van der Waals surface area contributed by atoms with Crippen LogP contribution in [0.3, 0.4) is 0 Å². The number of hydrogen-bond acceptors (Lipinski definition) is 3. The number of benzene rings is 2. The van der Waals surface area contributed by atoms with Gasteiger partial charge < -0.3 is 15.3 Å². The van der Waals surface area contributed by atoms with Crippen molar-refractivity contribution < 1.29 is 5.11 Å². The van der Waals surface area contributed by atoms with Crippen molar-refractivity contribution in [1.29, 1.82) is 0 Å². The van der Waals surface area contributed by atoms with Crippen molar-refractivity contribution >= 4 is 17.1 Å². The van der Waals surface area contributed by atoms with Crippen LogP contribution in [0.2, 0.25) is 0 Å². The molecule has 0 aliphatic rings. The van der Waals surface area contributed by atoms with Crippen LogP contribution >= 0.6 is 0 Å². The lowest BCUT2D eigenvalue weighted by atomic mass is 10.2. The molecule has 0 fully saturated rings. The van der Waals surface area contributed by atoms with Crippen LogP contribution in [0.4, 0.5) is 17.1 Å². The van der Waals surface area contributed by atoms with Crippen molar-refractivity contribution in [2.75, 3.05) is 23.3 Å². The van der Waals surface area contributed by atoms with Gasteiger partial charge in [0.25, 0.3) is 0 Å². The van der Waals surface area contributed by atoms with Gasteiger partial charge in [-0.25, -0.2) is 0 Å². The molecule has 2 aromatic carbocycles. The summed E-state index contributed by atoms with van der Waals surface area (Å²) in [5.74, 6) is 0.306. The van der Waals surface area contributed by atoms with E-state index in [1.807, 2.05) is 37.3 Å². The third-order valence-electron chi connectivity index (χ3n) is 3.51.